The molecule has 0 heterocycles. The fraction of sp³-hybridized carbons (Fsp3) is 0.417. The number of rotatable bonds is 4. The predicted molar refractivity (Wildman–Crippen MR) is 59.5 cm³/mol. The van der Waals surface area contributed by atoms with Crippen molar-refractivity contribution < 1.29 is 4.39 Å². The molecule has 1 aromatic rings. The van der Waals surface area contributed by atoms with Crippen LogP contribution in [0, 0.1) is 12.7 Å². The Bertz CT molecular complexity index is 284. The summed E-state index contributed by atoms with van der Waals surface area (Å²) in [5, 5.41) is 0. The molecule has 0 aliphatic rings. The van der Waals surface area contributed by atoms with Crippen LogP contribution in [0.2, 0.25) is 0 Å². The van der Waals surface area contributed by atoms with E-state index in [1.54, 1.807) is 12.1 Å². The maximum atomic E-state index is 13.1. The van der Waals surface area contributed by atoms with Gasteiger partial charge in [-0.15, -0.1) is 0 Å². The zero-order chi connectivity index (χ0) is 10.6. The van der Waals surface area contributed by atoms with Crippen LogP contribution in [0.25, 0.3) is 0 Å². The molecule has 1 radical (unpaired) electrons. The van der Waals surface area contributed by atoms with Gasteiger partial charge in [0.1, 0.15) is 11.5 Å². The first-order valence-electron chi connectivity index (χ1n) is 5.10. The third kappa shape index (κ3) is 1.95. The first kappa shape index (κ1) is 11.2. The molecule has 0 aliphatic carbocycles. The second-order valence-corrected chi connectivity index (χ2v) is 3.48. The molecule has 0 spiro atoms. The van der Waals surface area contributed by atoms with E-state index in [1.165, 1.54) is 6.07 Å². The summed E-state index contributed by atoms with van der Waals surface area (Å²) in [6, 6.07) is 6.82. The lowest BCUT2D eigenvalue weighted by molar-refractivity contribution is 0.328. The average Bonchev–Trinajstić information content (AvgIpc) is 2.22. The number of hydrogen-bond acceptors (Lipinski definition) is 0. The van der Waals surface area contributed by atoms with E-state index in [0.29, 0.717) is 0 Å². The van der Waals surface area contributed by atoms with Crippen LogP contribution in [0.3, 0.4) is 0 Å². The molecule has 0 aliphatic heterocycles. The van der Waals surface area contributed by atoms with Gasteiger partial charge in [0.2, 0.25) is 0 Å². The zero-order valence-electron chi connectivity index (χ0n) is 8.96. The Morgan fingerprint density at radius 1 is 1.29 bits per heavy atom. The summed E-state index contributed by atoms with van der Waals surface area (Å²) in [6.45, 7) is 10.8. The first-order chi connectivity index (χ1) is 6.68. The van der Waals surface area contributed by atoms with Crippen molar-refractivity contribution in [1.29, 1.82) is 0 Å². The SMILES string of the molecule is [CH2]C[N+](CC)(CC)c1cccc(F)c1. The van der Waals surface area contributed by atoms with Gasteiger partial charge >= 0.3 is 0 Å². The van der Waals surface area contributed by atoms with Gasteiger partial charge in [0.15, 0.2) is 0 Å². The highest BCUT2D eigenvalue weighted by Crippen LogP contribution is 2.23. The number of benzene rings is 1. The highest BCUT2D eigenvalue weighted by Gasteiger charge is 2.24. The minimum atomic E-state index is -0.166. The highest BCUT2D eigenvalue weighted by atomic mass is 19.1. The third-order valence-corrected chi connectivity index (χ3v) is 2.99. The van der Waals surface area contributed by atoms with Crippen molar-refractivity contribution in [2.45, 2.75) is 13.8 Å². The van der Waals surface area contributed by atoms with Crippen molar-refractivity contribution in [3.8, 4) is 0 Å². The van der Waals surface area contributed by atoms with Gasteiger partial charge < -0.3 is 0 Å². The van der Waals surface area contributed by atoms with Crippen molar-refractivity contribution in [1.82, 2.24) is 4.48 Å². The van der Waals surface area contributed by atoms with Crippen molar-refractivity contribution >= 4 is 5.69 Å². The Labute approximate surface area is 85.8 Å². The van der Waals surface area contributed by atoms with Crippen molar-refractivity contribution in [3.63, 3.8) is 0 Å². The largest absolute Gasteiger partial charge is 0.291 e. The molecule has 0 unspecified atom stereocenters. The van der Waals surface area contributed by atoms with Crippen LogP contribution < -0.4 is 4.48 Å². The summed E-state index contributed by atoms with van der Waals surface area (Å²) in [5.41, 5.74) is 1.02. The molecular weight excluding hydrogens is 177 g/mol. The molecule has 0 saturated heterocycles. The molecule has 2 heteroatoms. The molecule has 1 rings (SSSR count). The van der Waals surface area contributed by atoms with E-state index in [-0.39, 0.29) is 5.82 Å². The van der Waals surface area contributed by atoms with Gasteiger partial charge in [-0.2, -0.15) is 0 Å². The molecule has 0 amide bonds. The molecule has 14 heavy (non-hydrogen) atoms. The van der Waals surface area contributed by atoms with Gasteiger partial charge in [-0.3, -0.25) is 4.48 Å². The summed E-state index contributed by atoms with van der Waals surface area (Å²) in [6.07, 6.45) is 0. The third-order valence-electron chi connectivity index (χ3n) is 2.99. The smallest absolute Gasteiger partial charge is 0.135 e. The summed E-state index contributed by atoms with van der Waals surface area (Å²) < 4.78 is 13.8. The average molecular weight is 195 g/mol. The Morgan fingerprint density at radius 2 is 1.93 bits per heavy atom. The van der Waals surface area contributed by atoms with E-state index in [9.17, 15) is 4.39 Å². The standard InChI is InChI=1S/C12H18FN/c1-4-14(5-2,6-3)12-9-7-8-11(13)10-12/h7-10H,1,4-6H2,2-3H3/q+1. The molecule has 0 saturated carbocycles. The number of halogens is 1. The van der Waals surface area contributed by atoms with E-state index in [0.717, 1.165) is 29.8 Å². The van der Waals surface area contributed by atoms with Gasteiger partial charge in [0.05, 0.1) is 19.6 Å². The summed E-state index contributed by atoms with van der Waals surface area (Å²) in [5.74, 6) is -0.166. The number of hydrogen-bond donors (Lipinski definition) is 0. The van der Waals surface area contributed by atoms with E-state index < -0.39 is 0 Å². The first-order valence-corrected chi connectivity index (χ1v) is 5.10. The summed E-state index contributed by atoms with van der Waals surface area (Å²) in [7, 11) is 0. The van der Waals surface area contributed by atoms with E-state index in [1.807, 2.05) is 6.07 Å². The van der Waals surface area contributed by atoms with Gasteiger partial charge in [-0.25, -0.2) is 4.39 Å². The fourth-order valence-electron chi connectivity index (χ4n) is 1.81. The highest BCUT2D eigenvalue weighted by molar-refractivity contribution is 5.43. The minimum Gasteiger partial charge on any atom is -0.291 e. The molecular formula is C12H18FN+. The van der Waals surface area contributed by atoms with Gasteiger partial charge in [-0.05, 0) is 26.0 Å². The Kier molecular flexibility index (Phi) is 3.64. The van der Waals surface area contributed by atoms with Gasteiger partial charge in [0, 0.05) is 13.0 Å². The molecule has 1 nitrogen and oxygen atoms in total. The molecule has 0 aromatic heterocycles. The number of quaternary nitrogens is 1. The van der Waals surface area contributed by atoms with Crippen LogP contribution in [-0.4, -0.2) is 19.6 Å². The van der Waals surface area contributed by atoms with E-state index >= 15 is 0 Å². The van der Waals surface area contributed by atoms with Crippen LogP contribution in [0.15, 0.2) is 24.3 Å². The molecule has 0 fully saturated rings. The second-order valence-electron chi connectivity index (χ2n) is 3.48. The molecule has 77 valence electrons. The van der Waals surface area contributed by atoms with Crippen molar-refractivity contribution in [2.24, 2.45) is 0 Å². The monoisotopic (exact) mass is 195 g/mol. The normalized spacial score (nSPS) is 11.7. The van der Waals surface area contributed by atoms with Crippen LogP contribution >= 0.6 is 0 Å². The number of nitrogens with zero attached hydrogens (tertiary/aromatic N) is 1. The van der Waals surface area contributed by atoms with Crippen molar-refractivity contribution in [3.05, 3.63) is 37.0 Å². The van der Waals surface area contributed by atoms with Crippen LogP contribution in [-0.2, 0) is 0 Å². The Morgan fingerprint density at radius 3 is 2.36 bits per heavy atom. The maximum absolute atomic E-state index is 13.1. The lowest BCUT2D eigenvalue weighted by atomic mass is 10.2. The Balaban J connectivity index is 3.10. The predicted octanol–water partition coefficient (Wildman–Crippen LogP) is 3.01. The quantitative estimate of drug-likeness (QED) is 0.648. The summed E-state index contributed by atoms with van der Waals surface area (Å²) in [4.78, 5) is 0. The molecule has 1 aromatic carbocycles. The van der Waals surface area contributed by atoms with Crippen LogP contribution in [0.1, 0.15) is 13.8 Å². The second kappa shape index (κ2) is 4.56. The fourth-order valence-corrected chi connectivity index (χ4v) is 1.81. The van der Waals surface area contributed by atoms with Crippen LogP contribution in [0.5, 0.6) is 0 Å². The minimum absolute atomic E-state index is 0.166. The molecule has 0 N–H and O–H groups in total. The molecule has 0 bridgehead atoms. The lowest BCUT2D eigenvalue weighted by Crippen LogP contribution is -2.48. The lowest BCUT2D eigenvalue weighted by Gasteiger charge is -2.35. The van der Waals surface area contributed by atoms with E-state index in [2.05, 4.69) is 20.8 Å². The van der Waals surface area contributed by atoms with E-state index in [4.69, 9.17) is 0 Å². The van der Waals surface area contributed by atoms with Gasteiger partial charge in [-0.1, -0.05) is 6.07 Å². The molecule has 0 atom stereocenters. The van der Waals surface area contributed by atoms with Crippen LogP contribution in [0.4, 0.5) is 10.1 Å². The van der Waals surface area contributed by atoms with Crippen molar-refractivity contribution in [2.75, 3.05) is 19.6 Å². The maximum Gasteiger partial charge on any atom is 0.135 e. The summed E-state index contributed by atoms with van der Waals surface area (Å²) >= 11 is 0. The van der Waals surface area contributed by atoms with Gasteiger partial charge in [0.25, 0.3) is 0 Å². The Hall–Kier alpha value is -0.890. The topological polar surface area (TPSA) is 0 Å². The zero-order valence-corrected chi connectivity index (χ0v) is 8.96.